The highest BCUT2D eigenvalue weighted by atomic mass is 15.1. The van der Waals surface area contributed by atoms with E-state index in [0.29, 0.717) is 0 Å². The summed E-state index contributed by atoms with van der Waals surface area (Å²) in [5.74, 6) is 0.733. The van der Waals surface area contributed by atoms with Crippen LogP contribution in [0.1, 0.15) is 0 Å². The highest BCUT2D eigenvalue weighted by Crippen LogP contribution is 2.30. The third kappa shape index (κ3) is 1.77. The normalized spacial score (nSPS) is 11.5. The van der Waals surface area contributed by atoms with Crippen molar-refractivity contribution in [3.8, 4) is 11.3 Å². The molecule has 3 aromatic carbocycles. The Labute approximate surface area is 132 Å². The minimum absolute atomic E-state index is 0.733. The summed E-state index contributed by atoms with van der Waals surface area (Å²) in [6, 6.07) is 25.1. The first-order valence-electron chi connectivity index (χ1n) is 7.62. The summed E-state index contributed by atoms with van der Waals surface area (Å²) in [5, 5.41) is 2.47. The van der Waals surface area contributed by atoms with E-state index in [1.165, 1.54) is 16.3 Å². The van der Waals surface area contributed by atoms with E-state index in [1.54, 1.807) is 0 Å². The van der Waals surface area contributed by atoms with Crippen LogP contribution in [0, 0.1) is 0 Å². The summed E-state index contributed by atoms with van der Waals surface area (Å²) < 4.78 is 2.14. The van der Waals surface area contributed by atoms with E-state index in [2.05, 4.69) is 69.0 Å². The molecule has 3 heteroatoms. The van der Waals surface area contributed by atoms with Crippen molar-refractivity contribution in [2.45, 2.75) is 0 Å². The van der Waals surface area contributed by atoms with Gasteiger partial charge in [-0.2, -0.15) is 0 Å². The van der Waals surface area contributed by atoms with Crippen molar-refractivity contribution in [2.75, 3.05) is 0 Å². The Morgan fingerprint density at radius 2 is 1.57 bits per heavy atom. The SMILES string of the molecule is c1ccc2c(-c3ccnc4nc5ccccc5n34)cccc2c1. The van der Waals surface area contributed by atoms with E-state index >= 15 is 0 Å². The summed E-state index contributed by atoms with van der Waals surface area (Å²) >= 11 is 0. The van der Waals surface area contributed by atoms with Gasteiger partial charge in [0.15, 0.2) is 0 Å². The van der Waals surface area contributed by atoms with Crippen molar-refractivity contribution < 1.29 is 0 Å². The Balaban J connectivity index is 1.96. The van der Waals surface area contributed by atoms with Gasteiger partial charge in [-0.1, -0.05) is 54.6 Å². The molecule has 0 bridgehead atoms. The number of benzene rings is 3. The number of para-hydroxylation sites is 2. The molecule has 0 atom stereocenters. The van der Waals surface area contributed by atoms with Gasteiger partial charge in [-0.05, 0) is 29.0 Å². The molecule has 2 aromatic heterocycles. The van der Waals surface area contributed by atoms with E-state index < -0.39 is 0 Å². The van der Waals surface area contributed by atoms with Crippen molar-refractivity contribution in [3.05, 3.63) is 79.0 Å². The lowest BCUT2D eigenvalue weighted by Crippen LogP contribution is -1.94. The highest BCUT2D eigenvalue weighted by molar-refractivity contribution is 5.97. The Hall–Kier alpha value is -3.20. The van der Waals surface area contributed by atoms with Crippen LogP contribution in [0.4, 0.5) is 0 Å². The second-order valence-electron chi connectivity index (χ2n) is 5.59. The maximum Gasteiger partial charge on any atom is 0.235 e. The molecule has 0 spiro atoms. The number of rotatable bonds is 1. The largest absolute Gasteiger partial charge is 0.276 e. The van der Waals surface area contributed by atoms with Crippen molar-refractivity contribution in [1.29, 1.82) is 0 Å². The zero-order valence-corrected chi connectivity index (χ0v) is 12.3. The van der Waals surface area contributed by atoms with Crippen molar-refractivity contribution in [3.63, 3.8) is 0 Å². The van der Waals surface area contributed by atoms with Crippen LogP contribution in [-0.4, -0.2) is 14.4 Å². The Bertz CT molecular complexity index is 1170. The lowest BCUT2D eigenvalue weighted by Gasteiger charge is -2.09. The zero-order valence-electron chi connectivity index (χ0n) is 12.3. The lowest BCUT2D eigenvalue weighted by molar-refractivity contribution is 1.14. The van der Waals surface area contributed by atoms with Crippen LogP contribution in [0.3, 0.4) is 0 Å². The molecule has 3 nitrogen and oxygen atoms in total. The lowest BCUT2D eigenvalue weighted by atomic mass is 10.0. The molecule has 0 radical (unpaired) electrons. The summed E-state index contributed by atoms with van der Waals surface area (Å²) in [7, 11) is 0. The molecule has 0 aliphatic rings. The number of fused-ring (bicyclic) bond motifs is 4. The predicted molar refractivity (Wildman–Crippen MR) is 93.4 cm³/mol. The van der Waals surface area contributed by atoms with E-state index in [-0.39, 0.29) is 0 Å². The number of hydrogen-bond acceptors (Lipinski definition) is 2. The third-order valence-electron chi connectivity index (χ3n) is 4.27. The van der Waals surface area contributed by atoms with Gasteiger partial charge in [-0.3, -0.25) is 4.40 Å². The molecule has 23 heavy (non-hydrogen) atoms. The van der Waals surface area contributed by atoms with Gasteiger partial charge in [0.1, 0.15) is 0 Å². The topological polar surface area (TPSA) is 30.2 Å². The maximum absolute atomic E-state index is 4.63. The molecule has 0 saturated heterocycles. The molecule has 2 heterocycles. The van der Waals surface area contributed by atoms with Gasteiger partial charge in [0, 0.05) is 11.8 Å². The van der Waals surface area contributed by atoms with Crippen LogP contribution < -0.4 is 0 Å². The first-order valence-corrected chi connectivity index (χ1v) is 7.62. The predicted octanol–water partition coefficient (Wildman–Crippen LogP) is 4.70. The van der Waals surface area contributed by atoms with Crippen LogP contribution in [-0.2, 0) is 0 Å². The first-order chi connectivity index (χ1) is 11.4. The summed E-state index contributed by atoms with van der Waals surface area (Å²) in [6.45, 7) is 0. The van der Waals surface area contributed by atoms with Crippen LogP contribution in [0.25, 0.3) is 38.8 Å². The van der Waals surface area contributed by atoms with E-state index in [9.17, 15) is 0 Å². The van der Waals surface area contributed by atoms with Gasteiger partial charge in [-0.25, -0.2) is 9.97 Å². The van der Waals surface area contributed by atoms with E-state index in [4.69, 9.17) is 0 Å². The van der Waals surface area contributed by atoms with E-state index in [1.807, 2.05) is 24.4 Å². The molecular formula is C20H13N3. The molecule has 0 saturated carbocycles. The molecule has 0 fully saturated rings. The Morgan fingerprint density at radius 1 is 0.739 bits per heavy atom. The standard InChI is InChI=1S/C20H13N3/c1-2-8-15-14(6-1)7-5-9-16(15)18-12-13-21-20-22-17-10-3-4-11-19(17)23(18)20/h1-13H. The highest BCUT2D eigenvalue weighted by Gasteiger charge is 2.11. The third-order valence-corrected chi connectivity index (χ3v) is 4.27. The molecule has 0 amide bonds. The minimum atomic E-state index is 0.733. The molecular weight excluding hydrogens is 282 g/mol. The van der Waals surface area contributed by atoms with E-state index in [0.717, 1.165) is 22.5 Å². The monoisotopic (exact) mass is 295 g/mol. The number of hydrogen-bond donors (Lipinski definition) is 0. The molecule has 5 rings (SSSR count). The first kappa shape index (κ1) is 12.4. The summed E-state index contributed by atoms with van der Waals surface area (Å²) in [4.78, 5) is 9.07. The van der Waals surface area contributed by atoms with Gasteiger partial charge in [-0.15, -0.1) is 0 Å². The molecule has 0 N–H and O–H groups in total. The van der Waals surface area contributed by atoms with Crippen LogP contribution in [0.2, 0.25) is 0 Å². The zero-order chi connectivity index (χ0) is 15.2. The fourth-order valence-electron chi connectivity index (χ4n) is 3.25. The summed E-state index contributed by atoms with van der Waals surface area (Å²) in [5.41, 5.74) is 4.35. The molecule has 0 aliphatic heterocycles. The van der Waals surface area contributed by atoms with Crippen LogP contribution >= 0.6 is 0 Å². The number of aromatic nitrogens is 3. The fraction of sp³-hybridized carbons (Fsp3) is 0. The average Bonchev–Trinajstić information content (AvgIpc) is 3.00. The molecule has 5 aromatic rings. The van der Waals surface area contributed by atoms with Gasteiger partial charge in [0.05, 0.1) is 16.7 Å². The fourth-order valence-corrected chi connectivity index (χ4v) is 3.25. The van der Waals surface area contributed by atoms with Crippen LogP contribution in [0.15, 0.2) is 79.0 Å². The summed E-state index contributed by atoms with van der Waals surface area (Å²) in [6.07, 6.45) is 1.83. The van der Waals surface area contributed by atoms with Gasteiger partial charge >= 0.3 is 0 Å². The maximum atomic E-state index is 4.63. The molecule has 0 unspecified atom stereocenters. The molecule has 108 valence electrons. The molecule has 0 aliphatic carbocycles. The Morgan fingerprint density at radius 3 is 2.57 bits per heavy atom. The van der Waals surface area contributed by atoms with Crippen LogP contribution in [0.5, 0.6) is 0 Å². The van der Waals surface area contributed by atoms with Gasteiger partial charge in [0.25, 0.3) is 0 Å². The number of imidazole rings is 1. The van der Waals surface area contributed by atoms with Gasteiger partial charge < -0.3 is 0 Å². The van der Waals surface area contributed by atoms with Crippen molar-refractivity contribution >= 4 is 27.6 Å². The second kappa shape index (κ2) is 4.65. The second-order valence-corrected chi connectivity index (χ2v) is 5.59. The smallest absolute Gasteiger partial charge is 0.235 e. The van der Waals surface area contributed by atoms with Crippen molar-refractivity contribution in [1.82, 2.24) is 14.4 Å². The average molecular weight is 295 g/mol. The Kier molecular flexibility index (Phi) is 2.50. The van der Waals surface area contributed by atoms with Crippen molar-refractivity contribution in [2.24, 2.45) is 0 Å². The number of nitrogens with zero attached hydrogens (tertiary/aromatic N) is 3. The van der Waals surface area contributed by atoms with Gasteiger partial charge in [0.2, 0.25) is 5.78 Å². The minimum Gasteiger partial charge on any atom is -0.276 e. The quantitative estimate of drug-likeness (QED) is 0.448.